The molecule has 34 heavy (non-hydrogen) atoms. The molecule has 8 nitrogen and oxygen atoms in total. The largest absolute Gasteiger partial charge is 0.495 e. The Kier molecular flexibility index (Phi) is 6.08. The minimum Gasteiger partial charge on any atom is -0.495 e. The number of hydrogen-bond acceptors (Lipinski definition) is 5. The van der Waals surface area contributed by atoms with Gasteiger partial charge in [0.1, 0.15) is 11.6 Å². The fourth-order valence-corrected chi connectivity index (χ4v) is 4.61. The van der Waals surface area contributed by atoms with Gasteiger partial charge in [-0.2, -0.15) is 0 Å². The summed E-state index contributed by atoms with van der Waals surface area (Å²) in [7, 11) is -2.72. The number of aryl methyl sites for hydroxylation is 1. The third-order valence-electron chi connectivity index (χ3n) is 5.15. The lowest BCUT2D eigenvalue weighted by Crippen LogP contribution is -2.23. The molecular formula is C24H20FN3O5S. The number of carbonyl (C=O) groups excluding carboxylic acids is 2. The van der Waals surface area contributed by atoms with Crippen LogP contribution in [0.2, 0.25) is 0 Å². The molecule has 0 aliphatic carbocycles. The summed E-state index contributed by atoms with van der Waals surface area (Å²) in [5, 5.41) is 3.13. The van der Waals surface area contributed by atoms with Crippen LogP contribution in [0, 0.1) is 12.7 Å². The van der Waals surface area contributed by atoms with E-state index in [0.717, 1.165) is 29.8 Å². The lowest BCUT2D eigenvalue weighted by atomic mass is 10.1. The first-order valence-electron chi connectivity index (χ1n) is 10.1. The first-order chi connectivity index (χ1) is 16.2. The summed E-state index contributed by atoms with van der Waals surface area (Å²) >= 11 is 0. The van der Waals surface area contributed by atoms with Crippen molar-refractivity contribution in [3.8, 4) is 5.75 Å². The van der Waals surface area contributed by atoms with E-state index in [4.69, 9.17) is 4.74 Å². The van der Waals surface area contributed by atoms with Crippen molar-refractivity contribution in [1.29, 1.82) is 0 Å². The lowest BCUT2D eigenvalue weighted by molar-refractivity contribution is -0.112. The van der Waals surface area contributed by atoms with Gasteiger partial charge in [0.15, 0.2) is 0 Å². The number of anilines is 2. The zero-order valence-electron chi connectivity index (χ0n) is 18.2. The van der Waals surface area contributed by atoms with E-state index >= 15 is 0 Å². The van der Waals surface area contributed by atoms with E-state index in [9.17, 15) is 22.4 Å². The predicted octanol–water partition coefficient (Wildman–Crippen LogP) is 4.25. The van der Waals surface area contributed by atoms with Crippen molar-refractivity contribution in [2.45, 2.75) is 11.8 Å². The third kappa shape index (κ3) is 4.48. The molecule has 0 saturated heterocycles. The molecule has 0 fully saturated rings. The highest BCUT2D eigenvalue weighted by Gasteiger charge is 2.23. The molecule has 0 aliphatic heterocycles. The van der Waals surface area contributed by atoms with Gasteiger partial charge in [0.25, 0.3) is 21.7 Å². The Morgan fingerprint density at radius 2 is 1.71 bits per heavy atom. The number of aromatic amines is 1. The number of rotatable bonds is 7. The Bertz CT molecular complexity index is 1510. The van der Waals surface area contributed by atoms with Crippen LogP contribution in [0.1, 0.15) is 16.1 Å². The van der Waals surface area contributed by atoms with Crippen LogP contribution in [0.25, 0.3) is 10.9 Å². The SMILES string of the molecule is COc1ccc(NC(=O)C(=O)c2c(C)[nH]c3ccccc23)cc1NS(=O)(=O)c1ccc(F)cc1. The fraction of sp³-hybridized carbons (Fsp3) is 0.0833. The van der Waals surface area contributed by atoms with Crippen LogP contribution in [-0.2, 0) is 14.8 Å². The quantitative estimate of drug-likeness (QED) is 0.270. The average Bonchev–Trinajstić information content (AvgIpc) is 3.14. The maximum absolute atomic E-state index is 13.2. The standard InChI is InChI=1S/C24H20FN3O5S/c1-14-22(18-5-3-4-6-19(18)26-14)23(29)24(30)27-16-9-12-21(33-2)20(13-16)28-34(31,32)17-10-7-15(25)8-11-17/h3-13,26,28H,1-2H3,(H,27,30). The van der Waals surface area contributed by atoms with E-state index in [0.29, 0.717) is 11.1 Å². The van der Waals surface area contributed by atoms with Gasteiger partial charge in [-0.15, -0.1) is 0 Å². The van der Waals surface area contributed by atoms with Crippen molar-refractivity contribution >= 4 is 44.0 Å². The number of amides is 1. The van der Waals surface area contributed by atoms with Crippen LogP contribution in [0.15, 0.2) is 71.6 Å². The molecule has 1 amide bonds. The number of ether oxygens (including phenoxy) is 1. The van der Waals surface area contributed by atoms with Gasteiger partial charge in [-0.05, 0) is 55.5 Å². The number of halogens is 1. The Morgan fingerprint density at radius 1 is 1.00 bits per heavy atom. The number of aromatic nitrogens is 1. The molecule has 174 valence electrons. The fourth-order valence-electron chi connectivity index (χ4n) is 3.55. The molecule has 0 aliphatic rings. The van der Waals surface area contributed by atoms with E-state index in [1.165, 1.54) is 25.3 Å². The van der Waals surface area contributed by atoms with Crippen LogP contribution in [0.5, 0.6) is 5.75 Å². The molecule has 3 aromatic carbocycles. The minimum atomic E-state index is -4.07. The summed E-state index contributed by atoms with van der Waals surface area (Å²) < 4.78 is 46.1. The summed E-state index contributed by atoms with van der Waals surface area (Å²) in [5.41, 5.74) is 1.76. The number of hydrogen-bond donors (Lipinski definition) is 3. The predicted molar refractivity (Wildman–Crippen MR) is 126 cm³/mol. The molecule has 4 rings (SSSR count). The number of H-pyrrole nitrogens is 1. The van der Waals surface area contributed by atoms with Crippen molar-refractivity contribution < 1.29 is 27.1 Å². The molecule has 4 aromatic rings. The molecule has 0 saturated carbocycles. The van der Waals surface area contributed by atoms with Gasteiger partial charge in [-0.25, -0.2) is 12.8 Å². The van der Waals surface area contributed by atoms with E-state index < -0.39 is 27.5 Å². The number of Topliss-reactive ketones (excluding diaryl/α,β-unsaturated/α-hetero) is 1. The Hall–Kier alpha value is -4.18. The normalized spacial score (nSPS) is 11.3. The zero-order valence-corrected chi connectivity index (χ0v) is 19.0. The molecule has 0 unspecified atom stereocenters. The monoisotopic (exact) mass is 481 g/mol. The number of methoxy groups -OCH3 is 1. The van der Waals surface area contributed by atoms with E-state index in [-0.39, 0.29) is 27.6 Å². The third-order valence-corrected chi connectivity index (χ3v) is 6.53. The van der Waals surface area contributed by atoms with Crippen LogP contribution in [0.4, 0.5) is 15.8 Å². The number of carbonyl (C=O) groups is 2. The molecule has 10 heteroatoms. The summed E-state index contributed by atoms with van der Waals surface area (Å²) in [6.45, 7) is 1.70. The van der Waals surface area contributed by atoms with E-state index in [1.807, 2.05) is 6.07 Å². The highest BCUT2D eigenvalue weighted by molar-refractivity contribution is 7.92. The molecular weight excluding hydrogens is 461 g/mol. The maximum atomic E-state index is 13.2. The molecule has 1 aromatic heterocycles. The molecule has 3 N–H and O–H groups in total. The van der Waals surface area contributed by atoms with Crippen LogP contribution in [0.3, 0.4) is 0 Å². The Labute approximate surface area is 194 Å². The number of fused-ring (bicyclic) bond motifs is 1. The summed E-state index contributed by atoms with van der Waals surface area (Å²) in [6.07, 6.45) is 0. The van der Waals surface area contributed by atoms with Gasteiger partial charge in [0.05, 0.1) is 23.3 Å². The van der Waals surface area contributed by atoms with Gasteiger partial charge in [0.2, 0.25) is 0 Å². The van der Waals surface area contributed by atoms with E-state index in [1.54, 1.807) is 25.1 Å². The van der Waals surface area contributed by atoms with Crippen molar-refractivity contribution in [3.05, 3.63) is 83.8 Å². The van der Waals surface area contributed by atoms with Crippen LogP contribution >= 0.6 is 0 Å². The topological polar surface area (TPSA) is 117 Å². The van der Waals surface area contributed by atoms with Gasteiger partial charge >= 0.3 is 0 Å². The molecule has 1 heterocycles. The highest BCUT2D eigenvalue weighted by Crippen LogP contribution is 2.30. The second-order valence-electron chi connectivity index (χ2n) is 7.43. The van der Waals surface area contributed by atoms with Crippen LogP contribution < -0.4 is 14.8 Å². The maximum Gasteiger partial charge on any atom is 0.296 e. The second kappa shape index (κ2) is 8.99. The number of nitrogens with one attached hydrogen (secondary N) is 3. The number of sulfonamides is 1. The van der Waals surface area contributed by atoms with Gasteiger partial charge in [-0.3, -0.25) is 14.3 Å². The highest BCUT2D eigenvalue weighted by atomic mass is 32.2. The number of para-hydroxylation sites is 1. The Morgan fingerprint density at radius 3 is 2.41 bits per heavy atom. The summed E-state index contributed by atoms with van der Waals surface area (Å²) in [4.78, 5) is 28.5. The zero-order chi connectivity index (χ0) is 24.5. The molecule has 0 radical (unpaired) electrons. The second-order valence-corrected chi connectivity index (χ2v) is 9.11. The lowest BCUT2D eigenvalue weighted by Gasteiger charge is -2.14. The van der Waals surface area contributed by atoms with Gasteiger partial charge in [-0.1, -0.05) is 18.2 Å². The summed E-state index contributed by atoms with van der Waals surface area (Å²) in [5.74, 6) is -2.01. The molecule has 0 atom stereocenters. The first-order valence-corrected chi connectivity index (χ1v) is 11.6. The van der Waals surface area contributed by atoms with Crippen molar-refractivity contribution in [1.82, 2.24) is 4.98 Å². The van der Waals surface area contributed by atoms with E-state index in [2.05, 4.69) is 15.0 Å². The first kappa shape index (κ1) is 23.0. The summed E-state index contributed by atoms with van der Waals surface area (Å²) in [6, 6.07) is 15.7. The van der Waals surface area contributed by atoms with Crippen molar-refractivity contribution in [3.63, 3.8) is 0 Å². The minimum absolute atomic E-state index is 0.0281. The number of ketones is 1. The smallest absolute Gasteiger partial charge is 0.296 e. The van der Waals surface area contributed by atoms with Crippen molar-refractivity contribution in [2.75, 3.05) is 17.1 Å². The van der Waals surface area contributed by atoms with Gasteiger partial charge < -0.3 is 15.0 Å². The number of benzene rings is 3. The van der Waals surface area contributed by atoms with Crippen LogP contribution in [-0.4, -0.2) is 32.2 Å². The molecule has 0 bridgehead atoms. The van der Waals surface area contributed by atoms with Gasteiger partial charge in [0, 0.05) is 22.3 Å². The molecule has 0 spiro atoms. The average molecular weight is 482 g/mol. The van der Waals surface area contributed by atoms with Crippen molar-refractivity contribution in [2.24, 2.45) is 0 Å². The Balaban J connectivity index is 1.60.